The Morgan fingerprint density at radius 2 is 1.46 bits per heavy atom. The second-order valence-electron chi connectivity index (χ2n) is 9.95. The number of hydrazine groups is 1. The summed E-state index contributed by atoms with van der Waals surface area (Å²) < 4.78 is 26.5. The monoisotopic (exact) mass is 515 g/mol. The summed E-state index contributed by atoms with van der Waals surface area (Å²) >= 11 is 0. The Labute approximate surface area is 216 Å². The quantitative estimate of drug-likeness (QED) is 0.673. The number of halogens is 2. The van der Waals surface area contributed by atoms with Crippen molar-refractivity contribution in [2.24, 2.45) is 5.92 Å². The van der Waals surface area contributed by atoms with Gasteiger partial charge in [0.2, 0.25) is 11.8 Å². The lowest BCUT2D eigenvalue weighted by molar-refractivity contribution is -0.180. The molecular weight excluding hydrogens is 480 g/mol. The predicted molar refractivity (Wildman–Crippen MR) is 136 cm³/mol. The van der Waals surface area contributed by atoms with Crippen molar-refractivity contribution in [2.45, 2.75) is 46.4 Å². The number of fused-ring (bicyclic) bond motifs is 1. The summed E-state index contributed by atoms with van der Waals surface area (Å²) in [4.78, 5) is 41.6. The smallest absolute Gasteiger partial charge is 0.333 e. The molecule has 8 nitrogen and oxygen atoms in total. The minimum Gasteiger partial charge on any atom is -0.333 e. The summed E-state index contributed by atoms with van der Waals surface area (Å²) in [6, 6.07) is 10.9. The van der Waals surface area contributed by atoms with Crippen molar-refractivity contribution in [1.29, 1.82) is 0 Å². The van der Waals surface area contributed by atoms with E-state index in [0.29, 0.717) is 0 Å². The average molecular weight is 516 g/mol. The van der Waals surface area contributed by atoms with Gasteiger partial charge >= 0.3 is 6.03 Å². The number of nitrogens with zero attached hydrogens (tertiary/aromatic N) is 4. The van der Waals surface area contributed by atoms with Crippen molar-refractivity contribution < 1.29 is 23.2 Å². The van der Waals surface area contributed by atoms with E-state index in [2.05, 4.69) is 26.1 Å². The maximum absolute atomic E-state index is 13.3. The lowest BCUT2D eigenvalue weighted by atomic mass is 10.0. The van der Waals surface area contributed by atoms with Crippen LogP contribution in [0.2, 0.25) is 0 Å². The van der Waals surface area contributed by atoms with Crippen molar-refractivity contribution in [2.75, 3.05) is 26.7 Å². The van der Waals surface area contributed by atoms with E-state index in [9.17, 15) is 23.2 Å². The molecule has 2 aliphatic heterocycles. The van der Waals surface area contributed by atoms with Crippen LogP contribution in [0.25, 0.3) is 0 Å². The van der Waals surface area contributed by atoms with Crippen LogP contribution in [0.15, 0.2) is 48.5 Å². The molecule has 0 aliphatic carbocycles. The summed E-state index contributed by atoms with van der Waals surface area (Å²) in [6.45, 7) is 8.43. The van der Waals surface area contributed by atoms with E-state index in [1.807, 2.05) is 6.92 Å². The van der Waals surface area contributed by atoms with Gasteiger partial charge in [-0.2, -0.15) is 0 Å². The highest BCUT2D eigenvalue weighted by molar-refractivity contribution is 5.89. The third kappa shape index (κ3) is 7.03. The molecule has 2 aromatic rings. The summed E-state index contributed by atoms with van der Waals surface area (Å²) in [6.07, 6.45) is -0.690. The number of benzene rings is 2. The van der Waals surface area contributed by atoms with Gasteiger partial charge in [0.05, 0.1) is 19.1 Å². The molecule has 0 radical (unpaired) electrons. The Hall–Kier alpha value is -3.53. The van der Waals surface area contributed by atoms with E-state index in [-0.39, 0.29) is 55.7 Å². The molecular formula is C27H35F2N5O3. The third-order valence-corrected chi connectivity index (χ3v) is 6.07. The number of likely N-dealkylation sites (N-methyl/N-ethyl adjacent to an activating group) is 1. The second-order valence-corrected chi connectivity index (χ2v) is 9.95. The molecule has 2 saturated heterocycles. The molecule has 37 heavy (non-hydrogen) atoms. The largest absolute Gasteiger partial charge is 0.334 e. The number of nitrogens with one attached hydrogen (secondary N) is 1. The number of piperazine rings is 1. The van der Waals surface area contributed by atoms with Crippen LogP contribution >= 0.6 is 0 Å². The van der Waals surface area contributed by atoms with E-state index < -0.39 is 12.2 Å². The first kappa shape index (κ1) is 28.0. The molecule has 0 spiro atoms. The Morgan fingerprint density at radius 1 is 0.919 bits per heavy atom. The zero-order valence-electron chi connectivity index (χ0n) is 21.9. The van der Waals surface area contributed by atoms with Crippen LogP contribution < -0.4 is 5.32 Å². The molecule has 0 aromatic heterocycles. The molecule has 2 atom stereocenters. The van der Waals surface area contributed by atoms with Crippen LogP contribution in [0.1, 0.15) is 44.9 Å². The van der Waals surface area contributed by atoms with Crippen molar-refractivity contribution in [3.05, 3.63) is 71.3 Å². The first-order chi connectivity index (χ1) is 17.5. The fourth-order valence-electron chi connectivity index (χ4n) is 4.22. The molecule has 2 heterocycles. The van der Waals surface area contributed by atoms with Crippen molar-refractivity contribution in [3.63, 3.8) is 0 Å². The number of amides is 4. The standard InChI is InChI=1S/C23H25F2N5O3.C4H10/c1-15(17-5-9-19(25)10-6-17)28-12-20-29(14-22(28)32)21(31)13-27(2)30(20)23(33)26-11-16-3-7-18(24)8-4-16;1-4(2)3/h3-10,15,20H,11-14H2,1-2H3,(H,26,33);4H,1-3H3. The van der Waals surface area contributed by atoms with Crippen LogP contribution in [-0.2, 0) is 16.1 Å². The fraction of sp³-hybridized carbons (Fsp3) is 0.444. The van der Waals surface area contributed by atoms with Crippen LogP contribution in [0, 0.1) is 17.6 Å². The number of hydrogen-bond acceptors (Lipinski definition) is 4. The summed E-state index contributed by atoms with van der Waals surface area (Å²) in [5.41, 5.74) is 1.48. The molecule has 200 valence electrons. The highest BCUT2D eigenvalue weighted by Crippen LogP contribution is 2.28. The Bertz CT molecular complexity index is 1090. The van der Waals surface area contributed by atoms with Gasteiger partial charge in [-0.05, 0) is 48.2 Å². The summed E-state index contributed by atoms with van der Waals surface area (Å²) in [7, 11) is 1.64. The van der Waals surface area contributed by atoms with Gasteiger partial charge in [0.15, 0.2) is 0 Å². The molecule has 4 rings (SSSR count). The SMILES string of the molecule is CC(C)C.CC(c1ccc(F)cc1)N1CC2N(CC1=O)C(=O)CN(C)N2C(=O)NCc1ccc(F)cc1. The number of rotatable bonds is 4. The summed E-state index contributed by atoms with van der Waals surface area (Å²) in [5, 5.41) is 5.76. The van der Waals surface area contributed by atoms with Gasteiger partial charge in [0, 0.05) is 13.6 Å². The van der Waals surface area contributed by atoms with Crippen LogP contribution in [0.4, 0.5) is 13.6 Å². The number of urea groups is 1. The van der Waals surface area contributed by atoms with Gasteiger partial charge in [0.1, 0.15) is 24.3 Å². The summed E-state index contributed by atoms with van der Waals surface area (Å²) in [5.74, 6) is -0.386. The normalized spacial score (nSPS) is 18.8. The van der Waals surface area contributed by atoms with Crippen LogP contribution in [0.3, 0.4) is 0 Å². The number of carbonyl (C=O) groups is 3. The van der Waals surface area contributed by atoms with Crippen molar-refractivity contribution >= 4 is 17.8 Å². The molecule has 2 unspecified atom stereocenters. The lowest BCUT2D eigenvalue weighted by Crippen LogP contribution is -2.73. The van der Waals surface area contributed by atoms with Gasteiger partial charge < -0.3 is 15.1 Å². The van der Waals surface area contributed by atoms with Crippen LogP contribution in [-0.4, -0.2) is 70.5 Å². The molecule has 4 amide bonds. The zero-order valence-corrected chi connectivity index (χ0v) is 21.9. The van der Waals surface area contributed by atoms with Gasteiger partial charge in [0.25, 0.3) is 0 Å². The van der Waals surface area contributed by atoms with Crippen molar-refractivity contribution in [1.82, 2.24) is 25.1 Å². The topological polar surface area (TPSA) is 76.2 Å². The third-order valence-electron chi connectivity index (χ3n) is 6.07. The number of carbonyl (C=O) groups excluding carboxylic acids is 3. The zero-order chi connectivity index (χ0) is 27.3. The van der Waals surface area contributed by atoms with Gasteiger partial charge in [-0.15, -0.1) is 0 Å². The fourth-order valence-corrected chi connectivity index (χ4v) is 4.22. The minimum atomic E-state index is -0.690. The van der Waals surface area contributed by atoms with Crippen LogP contribution in [0.5, 0.6) is 0 Å². The highest BCUT2D eigenvalue weighted by Gasteiger charge is 2.46. The molecule has 2 aliphatic rings. The molecule has 0 saturated carbocycles. The average Bonchev–Trinajstić information content (AvgIpc) is 2.83. The van der Waals surface area contributed by atoms with Gasteiger partial charge in [-0.3, -0.25) is 9.59 Å². The maximum atomic E-state index is 13.3. The van der Waals surface area contributed by atoms with E-state index in [1.165, 1.54) is 39.2 Å². The minimum absolute atomic E-state index is 0.0404. The van der Waals surface area contributed by atoms with Gasteiger partial charge in [-0.1, -0.05) is 45.0 Å². The van der Waals surface area contributed by atoms with E-state index in [4.69, 9.17) is 0 Å². The Kier molecular flexibility index (Phi) is 9.20. The Morgan fingerprint density at radius 3 is 2.03 bits per heavy atom. The van der Waals surface area contributed by atoms with E-state index in [1.54, 1.807) is 36.2 Å². The molecule has 10 heteroatoms. The second kappa shape index (κ2) is 12.1. The maximum Gasteiger partial charge on any atom is 0.334 e. The first-order valence-electron chi connectivity index (χ1n) is 12.3. The van der Waals surface area contributed by atoms with E-state index in [0.717, 1.165) is 17.0 Å². The van der Waals surface area contributed by atoms with Crippen molar-refractivity contribution in [3.8, 4) is 0 Å². The lowest BCUT2D eigenvalue weighted by Gasteiger charge is -2.52. The number of hydrogen-bond donors (Lipinski definition) is 1. The predicted octanol–water partition coefficient (Wildman–Crippen LogP) is 3.76. The van der Waals surface area contributed by atoms with Gasteiger partial charge in [-0.25, -0.2) is 23.6 Å². The first-order valence-corrected chi connectivity index (χ1v) is 12.3. The molecule has 0 bridgehead atoms. The van der Waals surface area contributed by atoms with E-state index >= 15 is 0 Å². The molecule has 2 aromatic carbocycles. The highest BCUT2D eigenvalue weighted by atomic mass is 19.1. The molecule has 1 N–H and O–H groups in total. The molecule has 2 fully saturated rings. The Balaban J connectivity index is 0.000000886.